The highest BCUT2D eigenvalue weighted by atomic mass is 125. The summed E-state index contributed by atoms with van der Waals surface area (Å²) >= 11 is 2.06. The summed E-state index contributed by atoms with van der Waals surface area (Å²) in [4.78, 5) is 15.0. The Morgan fingerprint density at radius 2 is 2.11 bits per heavy atom. The number of halogens is 1. The first-order valence-electron chi connectivity index (χ1n) is 5.91. The molecule has 0 saturated carbocycles. The molecule has 0 amide bonds. The molecule has 1 aromatic carbocycles. The Morgan fingerprint density at radius 3 is 2.58 bits per heavy atom. The monoisotopic (exact) mass is 370 g/mol. The van der Waals surface area contributed by atoms with Crippen molar-refractivity contribution >= 4 is 34.1 Å². The van der Waals surface area contributed by atoms with Crippen LogP contribution in [0, 0.1) is 3.57 Å². The second kappa shape index (κ2) is 6.36. The highest BCUT2D eigenvalue weighted by molar-refractivity contribution is 14.1. The van der Waals surface area contributed by atoms with Crippen molar-refractivity contribution in [2.75, 3.05) is 0 Å². The molecule has 0 aliphatic heterocycles. The van der Waals surface area contributed by atoms with Crippen LogP contribution in [0.2, 0.25) is 0 Å². The summed E-state index contributed by atoms with van der Waals surface area (Å²) in [7, 11) is 0. The average Bonchev–Trinajstić information content (AvgIpc) is 2.29. The van der Waals surface area contributed by atoms with Gasteiger partial charge < -0.3 is 5.32 Å². The molecule has 0 aliphatic carbocycles. The molecular weight excluding hydrogens is 353 g/mol. The molecule has 0 heterocycles. The Morgan fingerprint density at radius 1 is 1.47 bits per heavy atom. The van der Waals surface area contributed by atoms with Crippen LogP contribution in [0.15, 0.2) is 23.3 Å². The van der Waals surface area contributed by atoms with E-state index in [1.54, 1.807) is 18.2 Å². The van der Waals surface area contributed by atoms with E-state index in [4.69, 9.17) is 5.53 Å². The van der Waals surface area contributed by atoms with E-state index in [1.165, 1.54) is 0 Å². The van der Waals surface area contributed by atoms with Crippen LogP contribution in [0.4, 0.5) is 5.69 Å². The van der Waals surface area contributed by atoms with Crippen molar-refractivity contribution < 1.29 is 4.79 Å². The van der Waals surface area contributed by atoms with Gasteiger partial charge in [-0.25, -0.2) is 0 Å². The lowest BCUT2D eigenvalue weighted by molar-refractivity contribution is 0.0935. The van der Waals surface area contributed by atoms with Gasteiger partial charge in [-0.3, -0.25) is 4.79 Å². The van der Waals surface area contributed by atoms with Crippen LogP contribution in [-0.4, -0.2) is 17.4 Å². The quantitative estimate of drug-likeness (QED) is 0.284. The Bertz CT molecular complexity index is 530. The fraction of sp³-hybridized carbons (Fsp3) is 0.462. The Balaban J connectivity index is 2.95. The van der Waals surface area contributed by atoms with Gasteiger partial charge in [0.05, 0.1) is 11.7 Å². The van der Waals surface area contributed by atoms with Gasteiger partial charge in [-0.15, -0.1) is 0 Å². The zero-order chi connectivity index (χ0) is 14.6. The maximum atomic E-state index is 12.3. The third kappa shape index (κ3) is 4.81. The van der Waals surface area contributed by atoms with E-state index in [0.717, 1.165) is 3.57 Å². The fourth-order valence-corrected chi connectivity index (χ4v) is 2.38. The largest absolute Gasteiger partial charge is 0.303 e. The summed E-state index contributed by atoms with van der Waals surface area (Å²) in [6.45, 7) is 7.91. The van der Waals surface area contributed by atoms with Crippen molar-refractivity contribution in [3.63, 3.8) is 0 Å². The lowest BCUT2D eigenvalue weighted by Gasteiger charge is -2.25. The highest BCUT2D eigenvalue weighted by Gasteiger charge is 2.21. The van der Waals surface area contributed by atoms with Crippen LogP contribution >= 0.6 is 22.6 Å². The minimum atomic E-state index is -0.263. The fourth-order valence-electron chi connectivity index (χ4n) is 1.75. The molecule has 1 N–H and O–H groups in total. The van der Waals surface area contributed by atoms with E-state index in [2.05, 4.69) is 37.9 Å². The minimum Gasteiger partial charge on any atom is -0.303 e. The first kappa shape index (κ1) is 15.9. The number of ketones is 1. The average molecular weight is 370 g/mol. The first-order valence-corrected chi connectivity index (χ1v) is 6.99. The number of carbonyl (C=O) groups excluding carboxylic acids is 1. The highest BCUT2D eigenvalue weighted by Crippen LogP contribution is 2.23. The van der Waals surface area contributed by atoms with Gasteiger partial charge in [0.2, 0.25) is 0 Å². The van der Waals surface area contributed by atoms with Crippen molar-refractivity contribution in [1.82, 2.24) is 5.32 Å². The number of carbonyl (C=O) groups is 1. The lowest BCUT2D eigenvalue weighted by Crippen LogP contribution is -2.46. The van der Waals surface area contributed by atoms with E-state index in [-0.39, 0.29) is 17.4 Å². The molecule has 19 heavy (non-hydrogen) atoms. The second-order valence-electron chi connectivity index (χ2n) is 5.34. The molecule has 1 atom stereocenters. The topological polar surface area (TPSA) is 77.9 Å². The predicted octanol–water partition coefficient (Wildman–Crippen LogP) is 4.19. The SMILES string of the molecule is CC(NC(C)(C)C)C(=O)c1ccc(N=[N+]=[N-])c([125I])c1. The van der Waals surface area contributed by atoms with E-state index < -0.39 is 0 Å². The van der Waals surface area contributed by atoms with Crippen LogP contribution in [0.25, 0.3) is 10.4 Å². The van der Waals surface area contributed by atoms with E-state index >= 15 is 0 Å². The van der Waals surface area contributed by atoms with Gasteiger partial charge in [-0.1, -0.05) is 17.2 Å². The van der Waals surface area contributed by atoms with E-state index in [0.29, 0.717) is 11.3 Å². The van der Waals surface area contributed by atoms with Crippen LogP contribution in [-0.2, 0) is 0 Å². The second-order valence-corrected chi connectivity index (χ2v) is 6.50. The third-order valence-electron chi connectivity index (χ3n) is 2.43. The normalized spacial score (nSPS) is 12.7. The van der Waals surface area contributed by atoms with E-state index in [9.17, 15) is 4.79 Å². The van der Waals surface area contributed by atoms with Gasteiger partial charge >= 0.3 is 0 Å². The minimum absolute atomic E-state index is 0.0281. The predicted molar refractivity (Wildman–Crippen MR) is 84.6 cm³/mol. The zero-order valence-electron chi connectivity index (χ0n) is 11.4. The zero-order valence-corrected chi connectivity index (χ0v) is 13.6. The van der Waals surface area contributed by atoms with Gasteiger partial charge in [0.1, 0.15) is 0 Å². The molecule has 0 aromatic heterocycles. The van der Waals surface area contributed by atoms with E-state index in [1.807, 2.05) is 27.7 Å². The van der Waals surface area contributed by atoms with Crippen molar-refractivity contribution in [3.05, 3.63) is 37.8 Å². The van der Waals surface area contributed by atoms with Crippen molar-refractivity contribution in [2.45, 2.75) is 39.3 Å². The van der Waals surface area contributed by atoms with Crippen LogP contribution in [0.3, 0.4) is 0 Å². The number of Topliss-reactive ketones (excluding diaryl/α,β-unsaturated/α-hetero) is 1. The number of rotatable bonds is 4. The van der Waals surface area contributed by atoms with Gasteiger partial charge in [0, 0.05) is 19.6 Å². The number of hydrogen-bond acceptors (Lipinski definition) is 3. The molecule has 6 heteroatoms. The van der Waals surface area contributed by atoms with Crippen LogP contribution < -0.4 is 5.32 Å². The lowest BCUT2D eigenvalue weighted by atomic mass is 10.0. The molecule has 0 aliphatic rings. The summed E-state index contributed by atoms with van der Waals surface area (Å²) in [5.41, 5.74) is 9.45. The van der Waals surface area contributed by atoms with Crippen molar-refractivity contribution in [1.29, 1.82) is 0 Å². The molecule has 0 fully saturated rings. The molecule has 1 unspecified atom stereocenters. The van der Waals surface area contributed by atoms with Gasteiger partial charge in [-0.05, 0) is 61.9 Å². The molecular formula is C13H17IN4O. The molecule has 1 aromatic rings. The first-order chi connectivity index (χ1) is 8.74. The summed E-state index contributed by atoms with van der Waals surface area (Å²) in [6, 6.07) is 4.84. The number of hydrogen-bond donors (Lipinski definition) is 1. The van der Waals surface area contributed by atoms with Gasteiger partial charge in [0.25, 0.3) is 0 Å². The Hall–Kier alpha value is -1.11. The van der Waals surface area contributed by atoms with Crippen LogP contribution in [0.5, 0.6) is 0 Å². The Kier molecular flexibility index (Phi) is 5.34. The Labute approximate surface area is 126 Å². The van der Waals surface area contributed by atoms with Gasteiger partial charge in [-0.2, -0.15) is 0 Å². The summed E-state index contributed by atoms with van der Waals surface area (Å²) < 4.78 is 0.768. The molecule has 5 nitrogen and oxygen atoms in total. The molecule has 0 saturated heterocycles. The molecule has 1 rings (SSSR count). The molecule has 102 valence electrons. The number of azide groups is 1. The van der Waals surface area contributed by atoms with Crippen molar-refractivity contribution in [2.24, 2.45) is 5.11 Å². The standard InChI is InChI=1S/C13H17IN4O/c1-8(16-13(2,3)4)12(19)9-5-6-11(17-18-15)10(14)7-9/h5-8,16H,1-4H3/i14-2. The maximum absolute atomic E-state index is 12.3. The number of benzene rings is 1. The van der Waals surface area contributed by atoms with Crippen molar-refractivity contribution in [3.8, 4) is 0 Å². The molecule has 0 radical (unpaired) electrons. The summed E-state index contributed by atoms with van der Waals surface area (Å²) in [5, 5.41) is 6.80. The number of nitrogens with zero attached hydrogens (tertiary/aromatic N) is 3. The smallest absolute Gasteiger partial charge is 0.179 e. The summed E-state index contributed by atoms with van der Waals surface area (Å²) in [5.74, 6) is 0.0281. The van der Waals surface area contributed by atoms with Crippen LogP contribution in [0.1, 0.15) is 38.1 Å². The maximum Gasteiger partial charge on any atom is 0.179 e. The number of nitrogens with one attached hydrogen (secondary N) is 1. The summed E-state index contributed by atoms with van der Waals surface area (Å²) in [6.07, 6.45) is 0. The van der Waals surface area contributed by atoms with Gasteiger partial charge in [0.15, 0.2) is 5.78 Å². The molecule has 0 spiro atoms. The third-order valence-corrected chi connectivity index (χ3v) is 3.29. The molecule has 0 bridgehead atoms.